The highest BCUT2D eigenvalue weighted by molar-refractivity contribution is 6.00. The van der Waals surface area contributed by atoms with Gasteiger partial charge in [-0.2, -0.15) is 0 Å². The molecule has 12 aromatic heterocycles. The molecule has 0 N–H and O–H groups in total. The predicted octanol–water partition coefficient (Wildman–Crippen LogP) is 24.8. The van der Waals surface area contributed by atoms with Crippen LogP contribution in [0.25, 0.3) is 179 Å². The van der Waals surface area contributed by atoms with Crippen LogP contribution < -0.4 is 0 Å². The lowest BCUT2D eigenvalue weighted by Crippen LogP contribution is -2.26. The number of rotatable bonds is 12. The summed E-state index contributed by atoms with van der Waals surface area (Å²) in [4.78, 5) is 56.0. The van der Waals surface area contributed by atoms with Crippen LogP contribution in [0.2, 0.25) is 0 Å². The molecule has 0 saturated carbocycles. The van der Waals surface area contributed by atoms with E-state index in [1.165, 1.54) is 89.0 Å². The third kappa shape index (κ3) is 11.8. The van der Waals surface area contributed by atoms with Gasteiger partial charge in [0.25, 0.3) is 0 Å². The summed E-state index contributed by atoms with van der Waals surface area (Å²) in [6, 6.07) is 113. The number of nitrogens with zero attached hydrogens (tertiary/aromatic N) is 12. The Labute approximate surface area is 704 Å². The summed E-state index contributed by atoms with van der Waals surface area (Å²) in [5.74, 6) is 0. The van der Waals surface area contributed by atoms with E-state index in [9.17, 15) is 0 Å². The average Bonchev–Trinajstić information content (AvgIpc) is 1.51. The molecule has 24 rings (SSSR count). The Morgan fingerprint density at radius 3 is 0.475 bits per heavy atom. The van der Waals surface area contributed by atoms with Gasteiger partial charge >= 0.3 is 0 Å². The van der Waals surface area contributed by atoms with E-state index in [-0.39, 0.29) is 0 Å². The molecule has 0 unspecified atom stereocenters. The van der Waals surface area contributed by atoms with Gasteiger partial charge in [-0.25, -0.2) is 19.9 Å². The summed E-state index contributed by atoms with van der Waals surface area (Å²) >= 11 is 0. The monoisotopic (exact) mass is 1560 g/mol. The lowest BCUT2D eigenvalue weighted by Gasteiger charge is -2.31. The first kappa shape index (κ1) is 70.9. The van der Waals surface area contributed by atoms with Crippen molar-refractivity contribution in [3.63, 3.8) is 0 Å². The summed E-state index contributed by atoms with van der Waals surface area (Å²) in [6.07, 6.45) is 29.4. The Hall–Kier alpha value is -16.4. The van der Waals surface area contributed by atoms with Crippen LogP contribution in [-0.4, -0.2) is 59.8 Å². The fraction of sp³-hybridized carbons (Fsp3) is 0.0182. The van der Waals surface area contributed by atoms with Crippen molar-refractivity contribution in [3.05, 3.63) is 459 Å². The van der Waals surface area contributed by atoms with Crippen molar-refractivity contribution in [3.8, 4) is 179 Å². The van der Waals surface area contributed by atoms with Crippen LogP contribution in [0.15, 0.2) is 415 Å². The smallest absolute Gasteiger partial charge is 0.0731 e. The fourth-order valence-electron chi connectivity index (χ4n) is 19.1. The molecule has 20 aromatic rings. The molecular weight excluding hydrogens is 1490 g/mol. The molecule has 0 fully saturated rings. The van der Waals surface area contributed by atoms with Gasteiger partial charge < -0.3 is 0 Å². The molecule has 4 aliphatic rings. The van der Waals surface area contributed by atoms with Gasteiger partial charge in [0.1, 0.15) is 0 Å². The van der Waals surface area contributed by atoms with Gasteiger partial charge in [-0.15, -0.1) is 0 Å². The number of hydrogen-bond acceptors (Lipinski definition) is 12. The first-order chi connectivity index (χ1) is 60.4. The Morgan fingerprint density at radius 1 is 0.131 bits per heavy atom. The highest BCUT2D eigenvalue weighted by Crippen LogP contribution is 2.66. The Kier molecular flexibility index (Phi) is 17.0. The van der Waals surface area contributed by atoms with Crippen molar-refractivity contribution >= 4 is 0 Å². The maximum Gasteiger partial charge on any atom is 0.0731 e. The number of fused-ring (bicyclic) bond motifs is 20. The molecule has 12 heterocycles. The first-order valence-corrected chi connectivity index (χ1v) is 40.8. The van der Waals surface area contributed by atoms with Crippen LogP contribution >= 0.6 is 0 Å². The van der Waals surface area contributed by atoms with E-state index in [1.54, 1.807) is 49.6 Å². The molecule has 2 spiro atoms. The molecule has 8 aromatic carbocycles. The zero-order chi connectivity index (χ0) is 80.7. The lowest BCUT2D eigenvalue weighted by atomic mass is 9.70. The number of benzene rings is 8. The van der Waals surface area contributed by atoms with Crippen LogP contribution in [0.1, 0.15) is 44.5 Å². The second kappa shape index (κ2) is 29.3. The predicted molar refractivity (Wildman–Crippen MR) is 484 cm³/mol. The Bertz CT molecular complexity index is 6360. The first-order valence-electron chi connectivity index (χ1n) is 40.8. The summed E-state index contributed by atoms with van der Waals surface area (Å²) in [6.45, 7) is 0. The van der Waals surface area contributed by atoms with Gasteiger partial charge in [0.2, 0.25) is 0 Å². The molecule has 568 valence electrons. The number of pyridine rings is 12. The minimum Gasteiger partial charge on any atom is -0.264 e. The van der Waals surface area contributed by atoms with E-state index in [1.807, 2.05) is 98.1 Å². The van der Waals surface area contributed by atoms with Crippen molar-refractivity contribution in [2.45, 2.75) is 10.8 Å². The largest absolute Gasteiger partial charge is 0.264 e. The van der Waals surface area contributed by atoms with Crippen molar-refractivity contribution in [1.29, 1.82) is 0 Å². The third-order valence-corrected chi connectivity index (χ3v) is 24.5. The summed E-state index contributed by atoms with van der Waals surface area (Å²) in [5.41, 5.74) is 42.3. The zero-order valence-electron chi connectivity index (χ0n) is 65.6. The molecule has 0 saturated heterocycles. The van der Waals surface area contributed by atoms with Gasteiger partial charge in [-0.3, -0.25) is 39.9 Å². The Balaban J connectivity index is 0.000000142. The van der Waals surface area contributed by atoms with Crippen LogP contribution in [0.5, 0.6) is 0 Å². The summed E-state index contributed by atoms with van der Waals surface area (Å²) in [7, 11) is 0. The van der Waals surface area contributed by atoms with E-state index < -0.39 is 10.8 Å². The van der Waals surface area contributed by atoms with E-state index >= 15 is 0 Å². The highest BCUT2D eigenvalue weighted by atomic mass is 14.8. The standard InChI is InChI=1S/2C55H34N6/c2*1-3-15-47-43(13-1)44-14-2-4-16-48(44)55(47)49-25-35(41-27-51(37-9-5-21-56-31-37)60-52(28-41)38-10-6-22-57-32-38)17-19-45(49)46-20-18-36(26-50(46)55)42-29-53(39-11-7-23-58-33-39)61-54(30-42)40-12-8-24-59-34-40/h2*1-34H. The topological polar surface area (TPSA) is 155 Å². The highest BCUT2D eigenvalue weighted by Gasteiger charge is 2.54. The van der Waals surface area contributed by atoms with E-state index in [0.29, 0.717) is 0 Å². The van der Waals surface area contributed by atoms with Crippen LogP contribution in [0.3, 0.4) is 0 Å². The molecule has 122 heavy (non-hydrogen) atoms. The molecule has 0 amide bonds. The second-order valence-electron chi connectivity index (χ2n) is 31.2. The fourth-order valence-corrected chi connectivity index (χ4v) is 19.1. The average molecular weight is 1560 g/mol. The van der Waals surface area contributed by atoms with Crippen molar-refractivity contribution < 1.29 is 0 Å². The summed E-state index contributed by atoms with van der Waals surface area (Å²) < 4.78 is 0. The minimum atomic E-state index is -0.569. The second-order valence-corrected chi connectivity index (χ2v) is 31.2. The van der Waals surface area contributed by atoms with Crippen molar-refractivity contribution in [2.24, 2.45) is 0 Å². The van der Waals surface area contributed by atoms with Crippen LogP contribution in [-0.2, 0) is 10.8 Å². The zero-order valence-corrected chi connectivity index (χ0v) is 65.6. The van der Waals surface area contributed by atoms with Crippen molar-refractivity contribution in [1.82, 2.24) is 59.8 Å². The molecule has 0 atom stereocenters. The normalized spacial score (nSPS) is 12.7. The Morgan fingerprint density at radius 2 is 0.303 bits per heavy atom. The van der Waals surface area contributed by atoms with E-state index in [2.05, 4.69) is 307 Å². The summed E-state index contributed by atoms with van der Waals surface area (Å²) in [5, 5.41) is 0. The van der Waals surface area contributed by atoms with Gasteiger partial charge in [0.05, 0.1) is 56.4 Å². The third-order valence-electron chi connectivity index (χ3n) is 24.5. The molecule has 0 radical (unpaired) electrons. The molecule has 12 heteroatoms. The number of hydrogen-bond donors (Lipinski definition) is 0. The van der Waals surface area contributed by atoms with Crippen LogP contribution in [0.4, 0.5) is 0 Å². The number of aromatic nitrogens is 12. The van der Waals surface area contributed by atoms with Gasteiger partial charge in [-0.1, -0.05) is 146 Å². The molecular formula is C110H68N12. The van der Waals surface area contributed by atoms with Gasteiger partial charge in [0, 0.05) is 144 Å². The molecule has 4 aliphatic carbocycles. The van der Waals surface area contributed by atoms with E-state index in [4.69, 9.17) is 19.9 Å². The molecule has 0 bridgehead atoms. The maximum absolute atomic E-state index is 5.13. The van der Waals surface area contributed by atoms with Crippen LogP contribution in [0, 0.1) is 0 Å². The molecule has 12 nitrogen and oxygen atoms in total. The van der Waals surface area contributed by atoms with E-state index in [0.717, 1.165) is 135 Å². The van der Waals surface area contributed by atoms with Crippen molar-refractivity contribution in [2.75, 3.05) is 0 Å². The lowest BCUT2D eigenvalue weighted by molar-refractivity contribution is 0.794. The van der Waals surface area contributed by atoms with Gasteiger partial charge in [0.15, 0.2) is 0 Å². The quantitative estimate of drug-likeness (QED) is 0.114. The molecule has 0 aliphatic heterocycles. The SMILES string of the molecule is c1cncc(-c2cc(-c3ccc4c(c3)C3(c5ccccc5-c5ccccc53)c3cc(-c5cc(-c6cccnc6)nc(-c6cccnc6)c5)ccc3-4)cc(-c3cccnc3)n2)c1.c1cncc(-c2cc(-c3ccc4c(c3)C3(c5ccccc5-c5ccccc53)c3cc(-c5cc(-c6cccnc6)nc(-c6cccnc6)c5)ccc3-4)cc(-c3cccnc3)n2)c1. The maximum atomic E-state index is 5.13. The van der Waals surface area contributed by atoms with Gasteiger partial charge in [-0.05, 0) is 303 Å². The minimum absolute atomic E-state index is 0.569.